The quantitative estimate of drug-likeness (QED) is 0.838. The third-order valence-corrected chi connectivity index (χ3v) is 2.30. The van der Waals surface area contributed by atoms with E-state index in [1.54, 1.807) is 6.07 Å². The molecule has 0 aliphatic carbocycles. The Kier molecular flexibility index (Phi) is 3.38. The van der Waals surface area contributed by atoms with Crippen molar-refractivity contribution in [2.75, 3.05) is 5.32 Å². The van der Waals surface area contributed by atoms with Gasteiger partial charge in [0.2, 0.25) is 0 Å². The summed E-state index contributed by atoms with van der Waals surface area (Å²) in [5.74, 6) is -4.09. The smallest absolute Gasteiger partial charge is 0.152 e. The highest BCUT2D eigenvalue weighted by molar-refractivity contribution is 5.62. The van der Waals surface area contributed by atoms with Crippen LogP contribution in [0.25, 0.3) is 0 Å². The average Bonchev–Trinajstić information content (AvgIpc) is 2.33. The Bertz CT molecular complexity index is 654. The second kappa shape index (κ2) is 4.98. The molecule has 0 amide bonds. The Morgan fingerprint density at radius 3 is 2.00 bits per heavy atom. The summed E-state index contributed by atoms with van der Waals surface area (Å²) in [6.07, 6.45) is 0. The van der Waals surface area contributed by atoms with Crippen molar-refractivity contribution in [2.45, 2.75) is 0 Å². The average molecular weight is 266 g/mol. The zero-order chi connectivity index (χ0) is 14.0. The van der Waals surface area contributed by atoms with E-state index < -0.39 is 29.0 Å². The molecule has 0 radical (unpaired) electrons. The lowest BCUT2D eigenvalue weighted by atomic mass is 10.2. The van der Waals surface area contributed by atoms with Gasteiger partial charge >= 0.3 is 0 Å². The van der Waals surface area contributed by atoms with E-state index in [0.29, 0.717) is 12.1 Å². The van der Waals surface area contributed by atoms with E-state index in [1.807, 2.05) is 0 Å². The number of hydrogen-bond acceptors (Lipinski definition) is 2. The van der Waals surface area contributed by atoms with E-state index in [-0.39, 0.29) is 11.3 Å². The van der Waals surface area contributed by atoms with Gasteiger partial charge in [0.15, 0.2) is 11.6 Å². The van der Waals surface area contributed by atoms with Crippen LogP contribution in [0.3, 0.4) is 0 Å². The van der Waals surface area contributed by atoms with Gasteiger partial charge in [-0.15, -0.1) is 0 Å². The van der Waals surface area contributed by atoms with Crippen molar-refractivity contribution in [2.24, 2.45) is 0 Å². The number of nitrogens with one attached hydrogen (secondary N) is 1. The molecule has 2 rings (SSSR count). The summed E-state index contributed by atoms with van der Waals surface area (Å²) in [6.45, 7) is 0. The highest BCUT2D eigenvalue weighted by Crippen LogP contribution is 2.25. The van der Waals surface area contributed by atoms with Crippen molar-refractivity contribution in [1.82, 2.24) is 0 Å². The fourth-order valence-electron chi connectivity index (χ4n) is 1.53. The van der Waals surface area contributed by atoms with Crippen LogP contribution in [0, 0.1) is 34.6 Å². The molecule has 2 nitrogen and oxygen atoms in total. The molecular formula is C13H6F4N2. The maximum atomic E-state index is 13.4. The summed E-state index contributed by atoms with van der Waals surface area (Å²) in [6, 6.07) is 5.85. The van der Waals surface area contributed by atoms with Crippen LogP contribution in [-0.4, -0.2) is 0 Å². The molecule has 0 heterocycles. The van der Waals surface area contributed by atoms with Gasteiger partial charge in [-0.05, 0) is 18.2 Å². The van der Waals surface area contributed by atoms with Gasteiger partial charge in [0.25, 0.3) is 0 Å². The van der Waals surface area contributed by atoms with Gasteiger partial charge in [-0.25, -0.2) is 17.6 Å². The topological polar surface area (TPSA) is 35.8 Å². The van der Waals surface area contributed by atoms with Gasteiger partial charge in [0.1, 0.15) is 17.3 Å². The molecule has 1 N–H and O–H groups in total. The van der Waals surface area contributed by atoms with Gasteiger partial charge in [-0.3, -0.25) is 0 Å². The molecule has 0 spiro atoms. The predicted molar refractivity (Wildman–Crippen MR) is 60.7 cm³/mol. The molecule has 0 aromatic heterocycles. The van der Waals surface area contributed by atoms with Gasteiger partial charge < -0.3 is 5.32 Å². The second-order valence-corrected chi connectivity index (χ2v) is 3.71. The minimum absolute atomic E-state index is 0.00886. The highest BCUT2D eigenvalue weighted by Gasteiger charge is 2.12. The third kappa shape index (κ3) is 2.83. The number of benzene rings is 2. The normalized spacial score (nSPS) is 10.1. The standard InChI is InChI=1S/C13H6F4N2/c14-8-1-7(6-18)2-10(3-8)19-13-11(16)4-9(15)5-12(13)17/h1-5,19H. The maximum absolute atomic E-state index is 13.4. The molecule has 2 aromatic carbocycles. The molecule has 0 bridgehead atoms. The molecule has 0 saturated heterocycles. The fourth-order valence-corrected chi connectivity index (χ4v) is 1.53. The van der Waals surface area contributed by atoms with Crippen LogP contribution in [-0.2, 0) is 0 Å². The number of anilines is 2. The molecule has 0 saturated carbocycles. The lowest BCUT2D eigenvalue weighted by Gasteiger charge is -2.09. The molecule has 0 atom stereocenters. The van der Waals surface area contributed by atoms with E-state index in [1.165, 1.54) is 6.07 Å². The second-order valence-electron chi connectivity index (χ2n) is 3.71. The van der Waals surface area contributed by atoms with Crippen molar-refractivity contribution in [3.8, 4) is 6.07 Å². The first-order chi connectivity index (χ1) is 8.99. The Hall–Kier alpha value is -2.55. The lowest BCUT2D eigenvalue weighted by Crippen LogP contribution is -1.99. The van der Waals surface area contributed by atoms with Crippen molar-refractivity contribution < 1.29 is 17.6 Å². The van der Waals surface area contributed by atoms with Crippen LogP contribution in [0.2, 0.25) is 0 Å². The van der Waals surface area contributed by atoms with Crippen molar-refractivity contribution in [3.05, 3.63) is 59.2 Å². The lowest BCUT2D eigenvalue weighted by molar-refractivity contribution is 0.549. The number of nitrogens with zero attached hydrogens (tertiary/aromatic N) is 1. The zero-order valence-electron chi connectivity index (χ0n) is 9.35. The first-order valence-corrected chi connectivity index (χ1v) is 5.12. The van der Waals surface area contributed by atoms with Crippen LogP contribution in [0.4, 0.5) is 28.9 Å². The van der Waals surface area contributed by atoms with E-state index in [0.717, 1.165) is 12.1 Å². The first-order valence-electron chi connectivity index (χ1n) is 5.12. The summed E-state index contributed by atoms with van der Waals surface area (Å²) < 4.78 is 52.6. The number of hydrogen-bond donors (Lipinski definition) is 1. The molecule has 2 aromatic rings. The SMILES string of the molecule is N#Cc1cc(F)cc(Nc2c(F)cc(F)cc2F)c1. The summed E-state index contributed by atoms with van der Waals surface area (Å²) >= 11 is 0. The van der Waals surface area contributed by atoms with Crippen LogP contribution < -0.4 is 5.32 Å². The van der Waals surface area contributed by atoms with Crippen molar-refractivity contribution >= 4 is 11.4 Å². The molecule has 0 aliphatic heterocycles. The van der Waals surface area contributed by atoms with Gasteiger partial charge in [-0.2, -0.15) is 5.26 Å². The Morgan fingerprint density at radius 1 is 0.842 bits per heavy atom. The minimum atomic E-state index is -1.15. The van der Waals surface area contributed by atoms with Crippen LogP contribution in [0.15, 0.2) is 30.3 Å². The van der Waals surface area contributed by atoms with Crippen LogP contribution >= 0.6 is 0 Å². The van der Waals surface area contributed by atoms with E-state index in [4.69, 9.17) is 5.26 Å². The molecular weight excluding hydrogens is 260 g/mol. The molecule has 0 fully saturated rings. The van der Waals surface area contributed by atoms with Crippen LogP contribution in [0.1, 0.15) is 5.56 Å². The Morgan fingerprint density at radius 2 is 1.42 bits per heavy atom. The Labute approximate surface area is 105 Å². The van der Waals surface area contributed by atoms with Crippen molar-refractivity contribution in [1.29, 1.82) is 5.26 Å². The van der Waals surface area contributed by atoms with Crippen molar-refractivity contribution in [3.63, 3.8) is 0 Å². The van der Waals surface area contributed by atoms with Crippen LogP contribution in [0.5, 0.6) is 0 Å². The fraction of sp³-hybridized carbons (Fsp3) is 0. The molecule has 96 valence electrons. The maximum Gasteiger partial charge on any atom is 0.152 e. The van der Waals surface area contributed by atoms with E-state index >= 15 is 0 Å². The highest BCUT2D eigenvalue weighted by atomic mass is 19.1. The summed E-state index contributed by atoms with van der Waals surface area (Å²) in [4.78, 5) is 0. The molecule has 0 aliphatic rings. The molecule has 0 unspecified atom stereocenters. The van der Waals surface area contributed by atoms with E-state index in [2.05, 4.69) is 5.32 Å². The minimum Gasteiger partial charge on any atom is -0.351 e. The number of halogens is 4. The summed E-state index contributed by atoms with van der Waals surface area (Å²) in [7, 11) is 0. The monoisotopic (exact) mass is 266 g/mol. The largest absolute Gasteiger partial charge is 0.351 e. The summed E-state index contributed by atoms with van der Waals surface area (Å²) in [5, 5.41) is 10.9. The van der Waals surface area contributed by atoms with Gasteiger partial charge in [0.05, 0.1) is 11.6 Å². The molecule has 19 heavy (non-hydrogen) atoms. The van der Waals surface area contributed by atoms with Gasteiger partial charge in [-0.1, -0.05) is 0 Å². The zero-order valence-corrected chi connectivity index (χ0v) is 9.35. The third-order valence-electron chi connectivity index (χ3n) is 2.30. The summed E-state index contributed by atoms with van der Waals surface area (Å²) in [5.41, 5.74) is -0.637. The number of nitriles is 1. The molecule has 6 heteroatoms. The first kappa shape index (κ1) is 12.9. The number of rotatable bonds is 2. The predicted octanol–water partition coefficient (Wildman–Crippen LogP) is 3.86. The Balaban J connectivity index is 2.42. The van der Waals surface area contributed by atoms with E-state index in [9.17, 15) is 17.6 Å². The van der Waals surface area contributed by atoms with Gasteiger partial charge in [0, 0.05) is 17.8 Å².